The zero-order chi connectivity index (χ0) is 11.6. The van der Waals surface area contributed by atoms with Gasteiger partial charge in [0, 0.05) is 0 Å². The van der Waals surface area contributed by atoms with Gasteiger partial charge in [-0.25, -0.2) is 4.21 Å². The number of alkyl halides is 3. The summed E-state index contributed by atoms with van der Waals surface area (Å²) in [4.78, 5) is -0.528. The van der Waals surface area contributed by atoms with Crippen LogP contribution in [0.15, 0.2) is 23.1 Å². The van der Waals surface area contributed by atoms with Crippen LogP contribution < -0.4 is 4.74 Å². The van der Waals surface area contributed by atoms with Crippen LogP contribution in [0.5, 0.6) is 5.75 Å². The van der Waals surface area contributed by atoms with Crippen LogP contribution in [-0.2, 0) is 11.1 Å². The van der Waals surface area contributed by atoms with E-state index in [1.54, 1.807) is 0 Å². The molecule has 0 amide bonds. The van der Waals surface area contributed by atoms with Crippen molar-refractivity contribution in [3.8, 4) is 5.75 Å². The molecular formula is C7H4ClF3O3S. The Hall–Kier alpha value is -0.790. The molecule has 0 bridgehead atoms. The summed E-state index contributed by atoms with van der Waals surface area (Å²) in [6.45, 7) is 0. The van der Waals surface area contributed by atoms with Gasteiger partial charge in [0.15, 0.2) is 16.8 Å². The second kappa shape index (κ2) is 4.38. The molecule has 0 aliphatic rings. The fourth-order valence-electron chi connectivity index (χ4n) is 0.841. The molecule has 0 aliphatic carbocycles. The number of rotatable bonds is 2. The molecule has 8 heteroatoms. The van der Waals surface area contributed by atoms with Gasteiger partial charge in [-0.1, -0.05) is 17.7 Å². The predicted molar refractivity (Wildman–Crippen MR) is 47.2 cm³/mol. The summed E-state index contributed by atoms with van der Waals surface area (Å²) in [6, 6.07) is 3.39. The van der Waals surface area contributed by atoms with Crippen molar-refractivity contribution in [3.63, 3.8) is 0 Å². The van der Waals surface area contributed by atoms with Gasteiger partial charge in [0.2, 0.25) is 0 Å². The highest BCUT2D eigenvalue weighted by molar-refractivity contribution is 7.79. The molecule has 1 aromatic carbocycles. The van der Waals surface area contributed by atoms with E-state index in [0.717, 1.165) is 12.1 Å². The zero-order valence-corrected chi connectivity index (χ0v) is 8.49. The summed E-state index contributed by atoms with van der Waals surface area (Å²) in [5.74, 6) is -0.854. The third kappa shape index (κ3) is 3.37. The normalized spacial score (nSPS) is 13.7. The molecular weight excluding hydrogens is 257 g/mol. The van der Waals surface area contributed by atoms with E-state index in [4.69, 9.17) is 16.2 Å². The SMILES string of the molecule is O=S(O)c1cccc(Cl)c1OC(F)(F)F. The van der Waals surface area contributed by atoms with Crippen molar-refractivity contribution in [2.24, 2.45) is 0 Å². The van der Waals surface area contributed by atoms with Crippen LogP contribution in [0.4, 0.5) is 13.2 Å². The predicted octanol–water partition coefficient (Wildman–Crippen LogP) is 2.82. The van der Waals surface area contributed by atoms with Crippen LogP contribution in [0, 0.1) is 0 Å². The Morgan fingerprint density at radius 1 is 1.40 bits per heavy atom. The second-order valence-electron chi connectivity index (χ2n) is 2.36. The summed E-state index contributed by atoms with van der Waals surface area (Å²) < 4.78 is 58.6. The molecule has 1 unspecified atom stereocenters. The molecule has 15 heavy (non-hydrogen) atoms. The molecule has 0 saturated carbocycles. The average Bonchev–Trinajstić information content (AvgIpc) is 2.05. The van der Waals surface area contributed by atoms with Gasteiger partial charge in [0.1, 0.15) is 4.90 Å². The quantitative estimate of drug-likeness (QED) is 0.832. The molecule has 1 aromatic rings. The molecule has 0 spiro atoms. The highest BCUT2D eigenvalue weighted by Gasteiger charge is 2.33. The molecule has 0 fully saturated rings. The van der Waals surface area contributed by atoms with Crippen molar-refractivity contribution in [2.75, 3.05) is 0 Å². The number of hydrogen-bond acceptors (Lipinski definition) is 2. The van der Waals surface area contributed by atoms with Gasteiger partial charge in [-0.15, -0.1) is 13.2 Å². The van der Waals surface area contributed by atoms with E-state index in [2.05, 4.69) is 4.74 Å². The van der Waals surface area contributed by atoms with E-state index in [1.807, 2.05) is 0 Å². The lowest BCUT2D eigenvalue weighted by atomic mass is 10.3. The Kier molecular flexibility index (Phi) is 3.58. The van der Waals surface area contributed by atoms with Crippen molar-refractivity contribution in [3.05, 3.63) is 23.2 Å². The topological polar surface area (TPSA) is 46.5 Å². The Morgan fingerprint density at radius 3 is 2.47 bits per heavy atom. The Labute approximate surface area is 90.1 Å². The maximum atomic E-state index is 11.9. The van der Waals surface area contributed by atoms with Crippen molar-refractivity contribution < 1.29 is 26.7 Å². The van der Waals surface area contributed by atoms with Crippen LogP contribution in [0.25, 0.3) is 0 Å². The molecule has 0 saturated heterocycles. The molecule has 1 N–H and O–H groups in total. The molecule has 3 nitrogen and oxygen atoms in total. The van der Waals surface area contributed by atoms with Crippen molar-refractivity contribution in [2.45, 2.75) is 11.3 Å². The van der Waals surface area contributed by atoms with Gasteiger partial charge < -0.3 is 9.29 Å². The highest BCUT2D eigenvalue weighted by atomic mass is 35.5. The van der Waals surface area contributed by atoms with Crippen LogP contribution in [0.2, 0.25) is 5.02 Å². The molecule has 1 rings (SSSR count). The van der Waals surface area contributed by atoms with Crippen LogP contribution in [0.1, 0.15) is 0 Å². The van der Waals surface area contributed by atoms with Crippen LogP contribution in [-0.4, -0.2) is 15.1 Å². The third-order valence-corrected chi connectivity index (χ3v) is 2.33. The first-order chi connectivity index (χ1) is 6.81. The summed E-state index contributed by atoms with van der Waals surface area (Å²) >= 11 is 2.81. The minimum atomic E-state index is -4.96. The Balaban J connectivity index is 3.19. The summed E-state index contributed by atoms with van der Waals surface area (Å²) in [5.41, 5.74) is 0. The number of para-hydroxylation sites is 1. The van der Waals surface area contributed by atoms with Gasteiger partial charge in [-0.05, 0) is 12.1 Å². The number of hydrogen-bond donors (Lipinski definition) is 1. The van der Waals surface area contributed by atoms with Crippen LogP contribution >= 0.6 is 11.6 Å². The Morgan fingerprint density at radius 2 is 2.00 bits per heavy atom. The first-order valence-corrected chi connectivity index (χ1v) is 4.95. The van der Waals surface area contributed by atoms with Gasteiger partial charge in [0.05, 0.1) is 5.02 Å². The van der Waals surface area contributed by atoms with Crippen molar-refractivity contribution in [1.29, 1.82) is 0 Å². The molecule has 84 valence electrons. The summed E-state index contributed by atoms with van der Waals surface area (Å²) in [6.07, 6.45) is -4.96. The smallest absolute Gasteiger partial charge is 0.403 e. The van der Waals surface area contributed by atoms with E-state index in [1.165, 1.54) is 6.07 Å². The minimum absolute atomic E-state index is 0.382. The molecule has 0 aliphatic heterocycles. The third-order valence-electron chi connectivity index (χ3n) is 1.34. The summed E-state index contributed by atoms with van der Waals surface area (Å²) in [5, 5.41) is -0.382. The van der Waals surface area contributed by atoms with Gasteiger partial charge in [-0.3, -0.25) is 0 Å². The fraction of sp³-hybridized carbons (Fsp3) is 0.143. The van der Waals surface area contributed by atoms with E-state index in [9.17, 15) is 17.4 Å². The second-order valence-corrected chi connectivity index (χ2v) is 3.71. The fourth-order valence-corrected chi connectivity index (χ4v) is 1.62. The standard InChI is InChI=1S/C7H4ClF3O3S/c8-4-2-1-3-5(15(12)13)6(4)14-7(9,10)11/h1-3H,(H,12,13). The Bertz CT molecular complexity index is 394. The highest BCUT2D eigenvalue weighted by Crippen LogP contribution is 2.34. The minimum Gasteiger partial charge on any atom is -0.403 e. The van der Waals surface area contributed by atoms with E-state index >= 15 is 0 Å². The van der Waals surface area contributed by atoms with Gasteiger partial charge >= 0.3 is 6.36 Å². The molecule has 0 aromatic heterocycles. The first-order valence-electron chi connectivity index (χ1n) is 3.46. The van der Waals surface area contributed by atoms with Crippen molar-refractivity contribution in [1.82, 2.24) is 0 Å². The molecule has 1 atom stereocenters. The first kappa shape index (κ1) is 12.3. The molecule has 0 radical (unpaired) electrons. The van der Waals surface area contributed by atoms with Gasteiger partial charge in [-0.2, -0.15) is 0 Å². The largest absolute Gasteiger partial charge is 0.573 e. The van der Waals surface area contributed by atoms with Crippen molar-refractivity contribution >= 4 is 22.7 Å². The summed E-state index contributed by atoms with van der Waals surface area (Å²) in [7, 11) is 0. The zero-order valence-electron chi connectivity index (χ0n) is 6.92. The number of halogens is 4. The lowest BCUT2D eigenvalue weighted by Gasteiger charge is -2.12. The maximum absolute atomic E-state index is 11.9. The molecule has 0 heterocycles. The van der Waals surface area contributed by atoms with Gasteiger partial charge in [0.25, 0.3) is 0 Å². The number of benzene rings is 1. The average molecular weight is 261 g/mol. The number of ether oxygens (including phenoxy) is 1. The monoisotopic (exact) mass is 260 g/mol. The van der Waals surface area contributed by atoms with E-state index in [0.29, 0.717) is 0 Å². The van der Waals surface area contributed by atoms with E-state index in [-0.39, 0.29) is 5.02 Å². The van der Waals surface area contributed by atoms with E-state index < -0.39 is 28.1 Å². The van der Waals surface area contributed by atoms with Crippen LogP contribution in [0.3, 0.4) is 0 Å². The maximum Gasteiger partial charge on any atom is 0.573 e. The lowest BCUT2D eigenvalue weighted by Crippen LogP contribution is -2.18. The lowest BCUT2D eigenvalue weighted by molar-refractivity contribution is -0.275.